The maximum absolute atomic E-state index is 14.2. The van der Waals surface area contributed by atoms with Crippen LogP contribution in [0.3, 0.4) is 0 Å². The van der Waals surface area contributed by atoms with Gasteiger partial charge in [0.15, 0.2) is 0 Å². The van der Waals surface area contributed by atoms with Crippen LogP contribution in [0.25, 0.3) is 10.8 Å². The highest BCUT2D eigenvalue weighted by Gasteiger charge is 2.37. The van der Waals surface area contributed by atoms with Crippen LogP contribution < -0.4 is 13.8 Å². The van der Waals surface area contributed by atoms with E-state index in [9.17, 15) is 8.42 Å². The second-order valence-electron chi connectivity index (χ2n) is 15.1. The molecule has 9 nitrogen and oxygen atoms in total. The molecular weight excluding hydrogens is 719 g/mol. The van der Waals surface area contributed by atoms with Crippen LogP contribution in [0.1, 0.15) is 27.8 Å². The van der Waals surface area contributed by atoms with E-state index in [1.54, 1.807) is 33.4 Å². The molecule has 0 saturated heterocycles. The van der Waals surface area contributed by atoms with Crippen molar-refractivity contribution in [1.29, 1.82) is 0 Å². The van der Waals surface area contributed by atoms with Gasteiger partial charge >= 0.3 is 0 Å². The molecule has 5 aromatic carbocycles. The van der Waals surface area contributed by atoms with Crippen LogP contribution in [-0.2, 0) is 28.5 Å². The molecule has 0 radical (unpaired) electrons. The molecule has 0 unspecified atom stereocenters. The average molecular weight is 776 g/mol. The van der Waals surface area contributed by atoms with E-state index >= 15 is 0 Å². The van der Waals surface area contributed by atoms with E-state index in [1.807, 2.05) is 78.9 Å². The van der Waals surface area contributed by atoms with Gasteiger partial charge in [-0.15, -0.1) is 6.42 Å². The number of benzene rings is 5. The van der Waals surface area contributed by atoms with E-state index in [-0.39, 0.29) is 4.90 Å². The monoisotopic (exact) mass is 775 g/mol. The molecule has 0 spiro atoms. The van der Waals surface area contributed by atoms with Gasteiger partial charge in [0.1, 0.15) is 16.9 Å². The van der Waals surface area contributed by atoms with E-state index in [0.717, 1.165) is 76.3 Å². The summed E-state index contributed by atoms with van der Waals surface area (Å²) in [5, 5.41) is 1.83. The lowest BCUT2D eigenvalue weighted by molar-refractivity contribution is 0.272. The maximum atomic E-state index is 14.2. The Labute approximate surface area is 335 Å². The Hall–Kier alpha value is -4.89. The van der Waals surface area contributed by atoms with Crippen molar-refractivity contribution in [3.8, 4) is 23.8 Å². The first kappa shape index (κ1) is 42.3. The first-order chi connectivity index (χ1) is 26.7. The lowest BCUT2D eigenvalue weighted by atomic mass is 9.69. The number of sulfonamides is 1. The summed E-state index contributed by atoms with van der Waals surface area (Å²) in [6.07, 6.45) is 6.79. The standard InChI is InChI=1S/C46H57N5O4S/c1-11-46(40-20-23-44(54-9)37(29-40)33-49(6)27-25-47(2)3,41-21-24-45(55-10)38(30-41)34-50(7)28-26-48(4)5)39-17-14-18-42(32-39)51(8)56(52,53)43-22-19-35-15-12-13-16-36(35)31-43/h1,12-24,29-32H,25-28,33-34H2,2-10H3. The molecule has 0 N–H and O–H groups in total. The summed E-state index contributed by atoms with van der Waals surface area (Å²) in [6, 6.07) is 32.8. The first-order valence-electron chi connectivity index (χ1n) is 18.8. The van der Waals surface area contributed by atoms with Crippen LogP contribution in [0.15, 0.2) is 108 Å². The third-order valence-electron chi connectivity index (χ3n) is 10.4. The predicted molar refractivity (Wildman–Crippen MR) is 230 cm³/mol. The van der Waals surface area contributed by atoms with Crippen molar-refractivity contribution in [2.24, 2.45) is 0 Å². The number of anilines is 1. The molecule has 0 bridgehead atoms. The molecular formula is C46H57N5O4S. The number of methoxy groups -OCH3 is 2. The number of fused-ring (bicyclic) bond motifs is 1. The lowest BCUT2D eigenvalue weighted by Crippen LogP contribution is -2.31. The highest BCUT2D eigenvalue weighted by Crippen LogP contribution is 2.43. The van der Waals surface area contributed by atoms with Crippen LogP contribution in [0, 0.1) is 12.3 Å². The second kappa shape index (κ2) is 18.4. The van der Waals surface area contributed by atoms with Crippen LogP contribution in [-0.4, -0.2) is 118 Å². The number of nitrogens with zero attached hydrogens (tertiary/aromatic N) is 5. The van der Waals surface area contributed by atoms with Gasteiger partial charge in [-0.2, -0.15) is 0 Å². The number of hydrogen-bond donors (Lipinski definition) is 0. The summed E-state index contributed by atoms with van der Waals surface area (Å²) in [4.78, 5) is 9.07. The molecule has 0 fully saturated rings. The van der Waals surface area contributed by atoms with Crippen LogP contribution in [0.4, 0.5) is 5.69 Å². The summed E-state index contributed by atoms with van der Waals surface area (Å²) in [5.74, 6) is 4.78. The number of likely N-dealkylation sites (N-methyl/N-ethyl adjacent to an activating group) is 4. The predicted octanol–water partition coefficient (Wildman–Crippen LogP) is 6.64. The molecule has 0 aliphatic rings. The van der Waals surface area contributed by atoms with Crippen molar-refractivity contribution in [3.63, 3.8) is 0 Å². The van der Waals surface area contributed by atoms with Gasteiger partial charge in [0.25, 0.3) is 10.0 Å². The smallest absolute Gasteiger partial charge is 0.264 e. The van der Waals surface area contributed by atoms with Crippen molar-refractivity contribution in [1.82, 2.24) is 19.6 Å². The molecule has 0 aliphatic carbocycles. The summed E-state index contributed by atoms with van der Waals surface area (Å²) >= 11 is 0. The van der Waals surface area contributed by atoms with Gasteiger partial charge in [0.2, 0.25) is 0 Å². The van der Waals surface area contributed by atoms with Crippen LogP contribution in [0.5, 0.6) is 11.5 Å². The van der Waals surface area contributed by atoms with Gasteiger partial charge in [-0.3, -0.25) is 4.31 Å². The molecule has 0 saturated carbocycles. The van der Waals surface area contributed by atoms with E-state index in [2.05, 4.69) is 79.9 Å². The minimum absolute atomic E-state index is 0.212. The fourth-order valence-electron chi connectivity index (χ4n) is 7.06. The fourth-order valence-corrected chi connectivity index (χ4v) is 8.28. The highest BCUT2D eigenvalue weighted by molar-refractivity contribution is 7.92. The summed E-state index contributed by atoms with van der Waals surface area (Å²) in [6.45, 7) is 4.83. The van der Waals surface area contributed by atoms with Crippen molar-refractivity contribution in [2.75, 3.05) is 94.0 Å². The van der Waals surface area contributed by atoms with Gasteiger partial charge in [0.05, 0.1) is 24.8 Å². The summed E-state index contributed by atoms with van der Waals surface area (Å²) in [7, 11) is 13.5. The van der Waals surface area contributed by atoms with E-state index in [4.69, 9.17) is 15.9 Å². The lowest BCUT2D eigenvalue weighted by Gasteiger charge is -2.33. The number of hydrogen-bond acceptors (Lipinski definition) is 8. The van der Waals surface area contributed by atoms with Crippen LogP contribution >= 0.6 is 0 Å². The quantitative estimate of drug-likeness (QED) is 0.0726. The molecule has 296 valence electrons. The normalized spacial score (nSPS) is 12.1. The van der Waals surface area contributed by atoms with Gasteiger partial charge < -0.3 is 29.1 Å². The Morgan fingerprint density at radius 2 is 1.11 bits per heavy atom. The molecule has 5 aromatic rings. The first-order valence-corrected chi connectivity index (χ1v) is 20.2. The summed E-state index contributed by atoms with van der Waals surface area (Å²) < 4.78 is 41.5. The molecule has 5 rings (SSSR count). The minimum Gasteiger partial charge on any atom is -0.496 e. The van der Waals surface area contributed by atoms with E-state index in [0.29, 0.717) is 18.8 Å². The van der Waals surface area contributed by atoms with E-state index in [1.165, 1.54) is 4.31 Å². The van der Waals surface area contributed by atoms with Gasteiger partial charge in [-0.05, 0) is 118 Å². The zero-order valence-corrected chi connectivity index (χ0v) is 35.2. The number of rotatable bonds is 18. The zero-order valence-electron chi connectivity index (χ0n) is 34.4. The molecule has 0 atom stereocenters. The zero-order chi connectivity index (χ0) is 40.6. The SMILES string of the molecule is C#CC(c1cccc(N(C)S(=O)(=O)c2ccc3ccccc3c2)c1)(c1ccc(OC)c(CN(C)CCN(C)C)c1)c1ccc(OC)c(CN(C)CCN(C)C)c1. The molecule has 0 aromatic heterocycles. The van der Waals surface area contributed by atoms with Crippen molar-refractivity contribution in [2.45, 2.75) is 23.4 Å². The Bertz CT molecular complexity index is 2190. The van der Waals surface area contributed by atoms with Crippen molar-refractivity contribution < 1.29 is 17.9 Å². The second-order valence-corrected chi connectivity index (χ2v) is 17.0. The number of ether oxygens (including phenoxy) is 2. The highest BCUT2D eigenvalue weighted by atomic mass is 32.2. The molecule has 56 heavy (non-hydrogen) atoms. The Balaban J connectivity index is 1.68. The molecule has 10 heteroatoms. The third kappa shape index (κ3) is 9.38. The molecule has 0 aliphatic heterocycles. The van der Waals surface area contributed by atoms with Gasteiger partial charge in [0, 0.05) is 57.4 Å². The van der Waals surface area contributed by atoms with Crippen molar-refractivity contribution in [3.05, 3.63) is 131 Å². The third-order valence-corrected chi connectivity index (χ3v) is 12.2. The molecule has 0 amide bonds. The Kier molecular flexibility index (Phi) is 13.9. The Morgan fingerprint density at radius 3 is 1.61 bits per heavy atom. The minimum atomic E-state index is -3.93. The Morgan fingerprint density at radius 1 is 0.589 bits per heavy atom. The molecule has 0 heterocycles. The summed E-state index contributed by atoms with van der Waals surface area (Å²) in [5.41, 5.74) is 3.84. The largest absolute Gasteiger partial charge is 0.496 e. The van der Waals surface area contributed by atoms with Crippen molar-refractivity contribution >= 4 is 26.5 Å². The van der Waals surface area contributed by atoms with Gasteiger partial charge in [-0.1, -0.05) is 60.5 Å². The number of terminal acetylenes is 1. The topological polar surface area (TPSA) is 68.8 Å². The maximum Gasteiger partial charge on any atom is 0.264 e. The van der Waals surface area contributed by atoms with E-state index < -0.39 is 15.4 Å². The van der Waals surface area contributed by atoms with Gasteiger partial charge in [-0.25, -0.2) is 8.42 Å². The van der Waals surface area contributed by atoms with Crippen LogP contribution in [0.2, 0.25) is 0 Å². The average Bonchev–Trinajstić information content (AvgIpc) is 3.19. The fraction of sp³-hybridized carbons (Fsp3) is 0.348.